The maximum atomic E-state index is 5.79. The van der Waals surface area contributed by atoms with Crippen LogP contribution in [-0.4, -0.2) is 62.7 Å². The Hall–Kier alpha value is -1.54. The minimum Gasteiger partial charge on any atom is -0.492 e. The summed E-state index contributed by atoms with van der Waals surface area (Å²) in [7, 11) is 4.31. The topological polar surface area (TPSA) is 41.7 Å². The SMILES string of the molecule is CN(C)C1CCN(CCOc2ccc(C#CCN)cc2)C1. The molecule has 4 heteroatoms. The van der Waals surface area contributed by atoms with Crippen LogP contribution in [0.3, 0.4) is 0 Å². The molecule has 0 aromatic heterocycles. The average molecular weight is 287 g/mol. The molecule has 0 radical (unpaired) electrons. The van der Waals surface area contributed by atoms with Gasteiger partial charge in [-0.2, -0.15) is 0 Å². The lowest BCUT2D eigenvalue weighted by Crippen LogP contribution is -2.33. The molecule has 0 spiro atoms. The van der Waals surface area contributed by atoms with Gasteiger partial charge in [-0.15, -0.1) is 0 Å². The summed E-state index contributed by atoms with van der Waals surface area (Å²) >= 11 is 0. The first-order valence-electron chi connectivity index (χ1n) is 7.49. The fraction of sp³-hybridized carbons (Fsp3) is 0.529. The summed E-state index contributed by atoms with van der Waals surface area (Å²) < 4.78 is 5.79. The fourth-order valence-electron chi connectivity index (χ4n) is 2.52. The van der Waals surface area contributed by atoms with E-state index in [0.717, 1.165) is 31.0 Å². The van der Waals surface area contributed by atoms with Gasteiger partial charge in [0.2, 0.25) is 0 Å². The first-order valence-corrected chi connectivity index (χ1v) is 7.49. The van der Waals surface area contributed by atoms with E-state index in [-0.39, 0.29) is 0 Å². The molecule has 2 N–H and O–H groups in total. The average Bonchev–Trinajstić information content (AvgIpc) is 2.95. The lowest BCUT2D eigenvalue weighted by Gasteiger charge is -2.20. The first kappa shape index (κ1) is 15.8. The van der Waals surface area contributed by atoms with Gasteiger partial charge in [0.05, 0.1) is 6.54 Å². The fourth-order valence-corrected chi connectivity index (χ4v) is 2.52. The number of hydrogen-bond acceptors (Lipinski definition) is 4. The van der Waals surface area contributed by atoms with E-state index in [1.807, 2.05) is 24.3 Å². The Morgan fingerprint density at radius 3 is 2.71 bits per heavy atom. The molecule has 4 nitrogen and oxygen atoms in total. The molecule has 1 unspecified atom stereocenters. The molecule has 1 aromatic carbocycles. The zero-order valence-corrected chi connectivity index (χ0v) is 13.0. The monoisotopic (exact) mass is 287 g/mol. The van der Waals surface area contributed by atoms with Crippen LogP contribution in [-0.2, 0) is 0 Å². The molecule has 1 aliphatic heterocycles. The number of nitrogens with zero attached hydrogens (tertiary/aromatic N) is 2. The highest BCUT2D eigenvalue weighted by Crippen LogP contribution is 2.14. The largest absolute Gasteiger partial charge is 0.492 e. The van der Waals surface area contributed by atoms with Crippen LogP contribution in [0.15, 0.2) is 24.3 Å². The number of rotatable bonds is 5. The van der Waals surface area contributed by atoms with Gasteiger partial charge in [-0.3, -0.25) is 4.90 Å². The van der Waals surface area contributed by atoms with Crippen molar-refractivity contribution in [1.29, 1.82) is 0 Å². The predicted octanol–water partition coefficient (Wildman–Crippen LogP) is 1.01. The molecular weight excluding hydrogens is 262 g/mol. The van der Waals surface area contributed by atoms with Crippen LogP contribution >= 0.6 is 0 Å². The molecule has 1 aliphatic rings. The second kappa shape index (κ2) is 8.04. The Kier molecular flexibility index (Phi) is 6.06. The third kappa shape index (κ3) is 5.05. The number of hydrogen-bond donors (Lipinski definition) is 1. The minimum atomic E-state index is 0.391. The van der Waals surface area contributed by atoms with Crippen molar-refractivity contribution in [3.63, 3.8) is 0 Å². The van der Waals surface area contributed by atoms with Crippen molar-refractivity contribution in [1.82, 2.24) is 9.80 Å². The van der Waals surface area contributed by atoms with Crippen LogP contribution in [0.4, 0.5) is 0 Å². The van der Waals surface area contributed by atoms with Gasteiger partial charge in [0.1, 0.15) is 12.4 Å². The van der Waals surface area contributed by atoms with Crippen LogP contribution in [0.2, 0.25) is 0 Å². The van der Waals surface area contributed by atoms with Crippen molar-refractivity contribution < 1.29 is 4.74 Å². The van der Waals surface area contributed by atoms with Crippen molar-refractivity contribution in [3.8, 4) is 17.6 Å². The van der Waals surface area contributed by atoms with E-state index < -0.39 is 0 Å². The van der Waals surface area contributed by atoms with Gasteiger partial charge in [-0.05, 0) is 51.3 Å². The van der Waals surface area contributed by atoms with Crippen LogP contribution in [0.5, 0.6) is 5.75 Å². The van der Waals surface area contributed by atoms with Gasteiger partial charge in [-0.25, -0.2) is 0 Å². The summed E-state index contributed by atoms with van der Waals surface area (Å²) in [6.45, 7) is 4.42. The minimum absolute atomic E-state index is 0.391. The van der Waals surface area contributed by atoms with E-state index in [2.05, 4.69) is 35.7 Å². The van der Waals surface area contributed by atoms with Gasteiger partial charge in [-0.1, -0.05) is 11.8 Å². The molecule has 0 bridgehead atoms. The first-order chi connectivity index (χ1) is 10.2. The van der Waals surface area contributed by atoms with E-state index >= 15 is 0 Å². The second-order valence-corrected chi connectivity index (χ2v) is 5.59. The smallest absolute Gasteiger partial charge is 0.119 e. The van der Waals surface area contributed by atoms with E-state index in [9.17, 15) is 0 Å². The zero-order valence-electron chi connectivity index (χ0n) is 13.0. The zero-order chi connectivity index (χ0) is 15.1. The third-order valence-electron chi connectivity index (χ3n) is 3.84. The third-order valence-corrected chi connectivity index (χ3v) is 3.84. The molecule has 0 saturated carbocycles. The highest BCUT2D eigenvalue weighted by molar-refractivity contribution is 5.38. The van der Waals surface area contributed by atoms with Gasteiger partial charge in [0.25, 0.3) is 0 Å². The van der Waals surface area contributed by atoms with Crippen molar-refractivity contribution in [2.45, 2.75) is 12.5 Å². The maximum absolute atomic E-state index is 5.79. The van der Waals surface area contributed by atoms with E-state index in [1.165, 1.54) is 13.0 Å². The van der Waals surface area contributed by atoms with Crippen LogP contribution < -0.4 is 10.5 Å². The number of likely N-dealkylation sites (tertiary alicyclic amines) is 1. The summed E-state index contributed by atoms with van der Waals surface area (Å²) in [6, 6.07) is 8.55. The lowest BCUT2D eigenvalue weighted by molar-refractivity contribution is 0.220. The Bertz CT molecular complexity index is 487. The van der Waals surface area contributed by atoms with Gasteiger partial charge in [0, 0.05) is 24.7 Å². The van der Waals surface area contributed by atoms with Crippen LogP contribution in [0, 0.1) is 11.8 Å². The number of likely N-dealkylation sites (N-methyl/N-ethyl adjacent to an activating group) is 1. The standard InChI is InChI=1S/C17H25N3O/c1-19(2)16-9-11-20(14-16)12-13-21-17-7-5-15(6-8-17)4-3-10-18/h5-8,16H,9-14,18H2,1-2H3. The van der Waals surface area contributed by atoms with Crippen molar-refractivity contribution in [3.05, 3.63) is 29.8 Å². The second-order valence-electron chi connectivity index (χ2n) is 5.59. The molecule has 1 atom stereocenters. The van der Waals surface area contributed by atoms with E-state index in [0.29, 0.717) is 12.6 Å². The van der Waals surface area contributed by atoms with Gasteiger partial charge < -0.3 is 15.4 Å². The van der Waals surface area contributed by atoms with Crippen molar-refractivity contribution in [2.24, 2.45) is 5.73 Å². The van der Waals surface area contributed by atoms with Crippen LogP contribution in [0.25, 0.3) is 0 Å². The lowest BCUT2D eigenvalue weighted by atomic mass is 10.2. The van der Waals surface area contributed by atoms with Gasteiger partial charge in [0.15, 0.2) is 0 Å². The number of ether oxygens (including phenoxy) is 1. The highest BCUT2D eigenvalue weighted by Gasteiger charge is 2.23. The molecule has 1 fully saturated rings. The van der Waals surface area contributed by atoms with E-state index in [4.69, 9.17) is 10.5 Å². The summed E-state index contributed by atoms with van der Waals surface area (Å²) in [5, 5.41) is 0. The molecule has 21 heavy (non-hydrogen) atoms. The molecule has 0 aliphatic carbocycles. The molecular formula is C17H25N3O. The Labute approximate surface area is 127 Å². The summed E-state index contributed by atoms with van der Waals surface area (Å²) in [4.78, 5) is 4.77. The molecule has 2 rings (SSSR count). The molecule has 1 aromatic rings. The molecule has 0 amide bonds. The Morgan fingerprint density at radius 2 is 2.10 bits per heavy atom. The molecule has 114 valence electrons. The summed E-state index contributed by atoms with van der Waals surface area (Å²) in [5.74, 6) is 6.75. The quantitative estimate of drug-likeness (QED) is 0.821. The van der Waals surface area contributed by atoms with Crippen molar-refractivity contribution >= 4 is 0 Å². The summed E-state index contributed by atoms with van der Waals surface area (Å²) in [6.07, 6.45) is 1.25. The number of nitrogens with two attached hydrogens (primary N) is 1. The summed E-state index contributed by atoms with van der Waals surface area (Å²) in [5.41, 5.74) is 6.33. The van der Waals surface area contributed by atoms with Crippen LogP contribution in [0.1, 0.15) is 12.0 Å². The Balaban J connectivity index is 1.71. The molecule has 1 heterocycles. The highest BCUT2D eigenvalue weighted by atomic mass is 16.5. The maximum Gasteiger partial charge on any atom is 0.119 e. The number of benzene rings is 1. The van der Waals surface area contributed by atoms with Gasteiger partial charge >= 0.3 is 0 Å². The van der Waals surface area contributed by atoms with Crippen molar-refractivity contribution in [2.75, 3.05) is 46.9 Å². The Morgan fingerprint density at radius 1 is 1.33 bits per heavy atom. The predicted molar refractivity (Wildman–Crippen MR) is 86.4 cm³/mol. The van der Waals surface area contributed by atoms with E-state index in [1.54, 1.807) is 0 Å². The normalized spacial score (nSPS) is 18.6. The molecule has 1 saturated heterocycles.